The third-order valence-corrected chi connectivity index (χ3v) is 11.4. The van der Waals surface area contributed by atoms with Crippen LogP contribution < -0.4 is 5.11 Å². The summed E-state index contributed by atoms with van der Waals surface area (Å²) >= 11 is 0. The van der Waals surface area contributed by atoms with Crippen LogP contribution in [0.1, 0.15) is 219 Å². The van der Waals surface area contributed by atoms with E-state index in [1.807, 2.05) is 21.1 Å². The first-order valence-electron chi connectivity index (χ1n) is 27.1. The monoisotopic (exact) mass is 940 g/mol. The van der Waals surface area contributed by atoms with Gasteiger partial charge in [0.05, 0.1) is 40.3 Å². The third-order valence-electron chi connectivity index (χ3n) is 11.4. The molecular formula is C58H101NO8. The van der Waals surface area contributed by atoms with Gasteiger partial charge in [-0.15, -0.1) is 0 Å². The van der Waals surface area contributed by atoms with Crippen LogP contribution >= 0.6 is 0 Å². The molecule has 0 heterocycles. The third kappa shape index (κ3) is 50.4. The van der Waals surface area contributed by atoms with Crippen molar-refractivity contribution in [2.75, 3.05) is 47.5 Å². The Morgan fingerprint density at radius 1 is 0.463 bits per heavy atom. The zero-order valence-electron chi connectivity index (χ0n) is 43.8. The highest BCUT2D eigenvalue weighted by atomic mass is 16.7. The number of likely N-dealkylation sites (N-methyl/N-ethyl adjacent to an activating group) is 1. The number of carboxylic acid groups (broad SMARTS) is 1. The number of quaternary nitrogens is 1. The lowest BCUT2D eigenvalue weighted by atomic mass is 10.0. The molecule has 0 aromatic heterocycles. The summed E-state index contributed by atoms with van der Waals surface area (Å²) in [5.74, 6) is -2.32. The Hall–Kier alpha value is -3.27. The summed E-state index contributed by atoms with van der Waals surface area (Å²) < 4.78 is 22.6. The number of hydrogen-bond acceptors (Lipinski definition) is 8. The van der Waals surface area contributed by atoms with Crippen molar-refractivity contribution in [3.8, 4) is 0 Å². The van der Waals surface area contributed by atoms with Crippen LogP contribution in [0, 0.1) is 0 Å². The van der Waals surface area contributed by atoms with Crippen molar-refractivity contribution in [2.24, 2.45) is 0 Å². The number of carbonyl (C=O) groups is 3. The molecule has 386 valence electrons. The Morgan fingerprint density at radius 2 is 0.851 bits per heavy atom. The maximum absolute atomic E-state index is 12.8. The number of carboxylic acids is 1. The first-order valence-corrected chi connectivity index (χ1v) is 27.1. The first-order chi connectivity index (χ1) is 32.6. The number of aliphatic carboxylic acids is 1. The van der Waals surface area contributed by atoms with Gasteiger partial charge in [-0.3, -0.25) is 9.59 Å². The highest BCUT2D eigenvalue weighted by Crippen LogP contribution is 2.15. The normalized spacial score (nSPS) is 13.4. The molecule has 0 saturated carbocycles. The molecule has 9 heteroatoms. The van der Waals surface area contributed by atoms with E-state index in [0.717, 1.165) is 77.0 Å². The fourth-order valence-corrected chi connectivity index (χ4v) is 7.26. The van der Waals surface area contributed by atoms with E-state index in [1.54, 1.807) is 0 Å². The van der Waals surface area contributed by atoms with Crippen molar-refractivity contribution in [2.45, 2.75) is 232 Å². The Bertz CT molecular complexity index is 1330. The van der Waals surface area contributed by atoms with E-state index in [1.165, 1.54) is 109 Å². The van der Waals surface area contributed by atoms with Crippen LogP contribution in [0.5, 0.6) is 0 Å². The van der Waals surface area contributed by atoms with Crippen molar-refractivity contribution < 1.29 is 42.9 Å². The van der Waals surface area contributed by atoms with Crippen LogP contribution in [0.4, 0.5) is 0 Å². The summed E-state index contributed by atoms with van der Waals surface area (Å²) in [5.41, 5.74) is 0. The molecule has 0 amide bonds. The smallest absolute Gasteiger partial charge is 0.306 e. The number of hydrogen-bond donors (Lipinski definition) is 0. The fourth-order valence-electron chi connectivity index (χ4n) is 7.26. The molecule has 0 spiro atoms. The van der Waals surface area contributed by atoms with Gasteiger partial charge in [-0.2, -0.15) is 0 Å². The minimum absolute atomic E-state index is 0.140. The molecule has 0 rings (SSSR count). The highest BCUT2D eigenvalue weighted by Gasteiger charge is 2.22. The van der Waals surface area contributed by atoms with Crippen LogP contribution in [-0.4, -0.2) is 82.3 Å². The molecule has 0 aliphatic rings. The second-order valence-electron chi connectivity index (χ2n) is 19.1. The SMILES string of the molecule is CC/C=C\C/C=C\C/C=C\C/C=C\CCCCCCC(=O)OC(COC(=O)CCCCCCCCCCCCCCC/C=C\C/C=C\CCCCCCC)COC(OCC[N+](C)(C)C)C(=O)[O-]. The van der Waals surface area contributed by atoms with Crippen molar-refractivity contribution in [1.29, 1.82) is 0 Å². The number of esters is 2. The highest BCUT2D eigenvalue weighted by molar-refractivity contribution is 5.70. The van der Waals surface area contributed by atoms with Crippen LogP contribution in [0.25, 0.3) is 0 Å². The van der Waals surface area contributed by atoms with Gasteiger partial charge >= 0.3 is 11.9 Å². The molecule has 0 radical (unpaired) electrons. The summed E-state index contributed by atoms with van der Waals surface area (Å²) in [6.07, 6.45) is 59.4. The molecule has 0 fully saturated rings. The predicted molar refractivity (Wildman–Crippen MR) is 278 cm³/mol. The van der Waals surface area contributed by atoms with E-state index in [-0.39, 0.29) is 38.6 Å². The average molecular weight is 940 g/mol. The molecule has 0 saturated heterocycles. The fraction of sp³-hybridized carbons (Fsp3) is 0.741. The molecule has 0 bridgehead atoms. The van der Waals surface area contributed by atoms with Crippen molar-refractivity contribution in [3.63, 3.8) is 0 Å². The maximum Gasteiger partial charge on any atom is 0.306 e. The zero-order valence-corrected chi connectivity index (χ0v) is 43.8. The van der Waals surface area contributed by atoms with Gasteiger partial charge in [-0.05, 0) is 83.5 Å². The molecule has 2 atom stereocenters. The summed E-state index contributed by atoms with van der Waals surface area (Å²) in [7, 11) is 5.90. The van der Waals surface area contributed by atoms with Gasteiger partial charge < -0.3 is 33.3 Å². The number of unbranched alkanes of at least 4 members (excludes halogenated alkanes) is 22. The maximum atomic E-state index is 12.8. The van der Waals surface area contributed by atoms with Crippen molar-refractivity contribution in [1.82, 2.24) is 0 Å². The molecule has 0 aliphatic carbocycles. The van der Waals surface area contributed by atoms with Crippen molar-refractivity contribution in [3.05, 3.63) is 72.9 Å². The molecule has 67 heavy (non-hydrogen) atoms. The van der Waals surface area contributed by atoms with E-state index in [9.17, 15) is 19.5 Å². The van der Waals surface area contributed by atoms with Gasteiger partial charge in [-0.1, -0.05) is 196 Å². The second-order valence-corrected chi connectivity index (χ2v) is 19.1. The summed E-state index contributed by atoms with van der Waals surface area (Å²) in [4.78, 5) is 37.2. The molecule has 0 aromatic rings. The summed E-state index contributed by atoms with van der Waals surface area (Å²) in [5, 5.41) is 11.7. The van der Waals surface area contributed by atoms with E-state index >= 15 is 0 Å². The van der Waals surface area contributed by atoms with Crippen LogP contribution in [0.3, 0.4) is 0 Å². The van der Waals surface area contributed by atoms with E-state index in [0.29, 0.717) is 17.4 Å². The van der Waals surface area contributed by atoms with E-state index < -0.39 is 24.3 Å². The molecule has 0 N–H and O–H groups in total. The number of rotatable bonds is 49. The Balaban J connectivity index is 4.29. The standard InChI is InChI=1S/C58H101NO8/c1-6-8-10-12-14-16-18-20-22-24-25-26-27-28-29-30-31-33-34-36-38-40-42-44-46-48-55(60)65-52-54(53-66-58(57(62)63)64-51-50-59(3,4)5)67-56(61)49-47-45-43-41-39-37-35-32-23-21-19-17-15-13-11-9-7-2/h9,11,15,17-18,20-21,23-25,35,37,54,58H,6-8,10,12-14,16,19,22,26-34,36,38-53H2,1-5H3/b11-9-,17-15-,20-18-,23-21-,25-24-,37-35-. The summed E-state index contributed by atoms with van der Waals surface area (Å²) in [6.45, 7) is 4.59. The quantitative estimate of drug-likeness (QED) is 0.0195. The lowest BCUT2D eigenvalue weighted by molar-refractivity contribution is -0.870. The lowest BCUT2D eigenvalue weighted by Crippen LogP contribution is -2.44. The van der Waals surface area contributed by atoms with Gasteiger partial charge in [0.25, 0.3) is 0 Å². The minimum atomic E-state index is -1.63. The second kappa shape index (κ2) is 49.2. The van der Waals surface area contributed by atoms with Crippen LogP contribution in [0.15, 0.2) is 72.9 Å². The minimum Gasteiger partial charge on any atom is -0.545 e. The van der Waals surface area contributed by atoms with E-state index in [2.05, 4.69) is 86.8 Å². The molecule has 9 nitrogen and oxygen atoms in total. The lowest BCUT2D eigenvalue weighted by Gasteiger charge is -2.26. The number of carbonyl (C=O) groups excluding carboxylic acids is 3. The molecular weight excluding hydrogens is 839 g/mol. The van der Waals surface area contributed by atoms with Crippen LogP contribution in [0.2, 0.25) is 0 Å². The van der Waals surface area contributed by atoms with Gasteiger partial charge in [0.1, 0.15) is 13.2 Å². The van der Waals surface area contributed by atoms with Gasteiger partial charge in [0.15, 0.2) is 12.4 Å². The molecule has 0 aliphatic heterocycles. The van der Waals surface area contributed by atoms with Crippen molar-refractivity contribution >= 4 is 17.9 Å². The van der Waals surface area contributed by atoms with Gasteiger partial charge in [-0.25, -0.2) is 0 Å². The van der Waals surface area contributed by atoms with Gasteiger partial charge in [0.2, 0.25) is 0 Å². The average Bonchev–Trinajstić information content (AvgIpc) is 3.29. The van der Waals surface area contributed by atoms with Gasteiger partial charge in [0, 0.05) is 12.8 Å². The largest absolute Gasteiger partial charge is 0.545 e. The Kier molecular flexibility index (Phi) is 46.8. The van der Waals surface area contributed by atoms with E-state index in [4.69, 9.17) is 18.9 Å². The Labute approximate surface area is 411 Å². The summed E-state index contributed by atoms with van der Waals surface area (Å²) in [6, 6.07) is 0. The zero-order chi connectivity index (χ0) is 49.2. The first kappa shape index (κ1) is 63.7. The number of allylic oxidation sites excluding steroid dienone is 12. The molecule has 0 aromatic carbocycles. The topological polar surface area (TPSA) is 111 Å². The molecule has 2 unspecified atom stereocenters. The number of ether oxygens (including phenoxy) is 4. The predicted octanol–water partition coefficient (Wildman–Crippen LogP) is 14.1. The van der Waals surface area contributed by atoms with Crippen LogP contribution in [-0.2, 0) is 33.3 Å². The number of nitrogens with zero attached hydrogens (tertiary/aromatic N) is 1. The Morgan fingerprint density at radius 3 is 1.27 bits per heavy atom.